The molecule has 0 aromatic heterocycles. The van der Waals surface area contributed by atoms with Crippen molar-refractivity contribution in [3.05, 3.63) is 28.8 Å². The second-order valence-electron chi connectivity index (χ2n) is 5.13. The molecule has 1 atom stereocenters. The molecule has 7 heteroatoms. The number of halogens is 1. The van der Waals surface area contributed by atoms with E-state index in [9.17, 15) is 14.7 Å². The molecular weight excluding hydrogens is 286 g/mol. The van der Waals surface area contributed by atoms with Gasteiger partial charge in [-0.2, -0.15) is 0 Å². The number of aromatic hydroxyl groups is 1. The molecule has 3 N–H and O–H groups in total. The molecule has 0 saturated carbocycles. The summed E-state index contributed by atoms with van der Waals surface area (Å²) in [5.74, 6) is -1.44. The Morgan fingerprint density at radius 2 is 1.95 bits per heavy atom. The Labute approximate surface area is 121 Å². The second-order valence-corrected chi connectivity index (χ2v) is 5.54. The number of nitrogens with one attached hydrogen (secondary N) is 1. The number of aliphatic carboxylic acids is 1. The van der Waals surface area contributed by atoms with E-state index in [2.05, 4.69) is 5.32 Å². The van der Waals surface area contributed by atoms with Crippen LogP contribution in [0.25, 0.3) is 0 Å². The monoisotopic (exact) mass is 301 g/mol. The maximum Gasteiger partial charge on any atom is 0.408 e. The molecule has 0 fully saturated rings. The van der Waals surface area contributed by atoms with E-state index in [0.717, 1.165) is 0 Å². The summed E-state index contributed by atoms with van der Waals surface area (Å²) < 4.78 is 5.00. The zero-order valence-corrected chi connectivity index (χ0v) is 12.1. The van der Waals surface area contributed by atoms with Crippen LogP contribution in [0.4, 0.5) is 4.79 Å². The summed E-state index contributed by atoms with van der Waals surface area (Å²) in [6.45, 7) is 5.00. The number of hydrogen-bond acceptors (Lipinski definition) is 4. The number of hydrogen-bond donors (Lipinski definition) is 3. The van der Waals surface area contributed by atoms with Gasteiger partial charge in [-0.3, -0.25) is 0 Å². The van der Waals surface area contributed by atoms with Crippen molar-refractivity contribution in [3.63, 3.8) is 0 Å². The summed E-state index contributed by atoms with van der Waals surface area (Å²) >= 11 is 5.72. The van der Waals surface area contributed by atoms with Crippen molar-refractivity contribution in [2.24, 2.45) is 0 Å². The Bertz CT molecular complexity index is 524. The molecule has 0 aliphatic rings. The molecule has 110 valence electrons. The minimum atomic E-state index is -1.32. The number of carboxylic acids is 1. The molecule has 0 aliphatic heterocycles. The summed E-state index contributed by atoms with van der Waals surface area (Å²) in [4.78, 5) is 22.8. The molecule has 20 heavy (non-hydrogen) atoms. The summed E-state index contributed by atoms with van der Waals surface area (Å²) in [7, 11) is 0. The van der Waals surface area contributed by atoms with E-state index in [1.54, 1.807) is 20.8 Å². The van der Waals surface area contributed by atoms with E-state index in [1.807, 2.05) is 0 Å². The highest BCUT2D eigenvalue weighted by atomic mass is 35.5. The fraction of sp³-hybridized carbons (Fsp3) is 0.385. The van der Waals surface area contributed by atoms with Crippen LogP contribution in [-0.4, -0.2) is 27.9 Å². The molecule has 0 bridgehead atoms. The molecule has 1 unspecified atom stereocenters. The first-order valence-corrected chi connectivity index (χ1v) is 6.18. The zero-order chi connectivity index (χ0) is 15.5. The minimum absolute atomic E-state index is 0.000242. The van der Waals surface area contributed by atoms with Gasteiger partial charge in [-0.05, 0) is 38.5 Å². The van der Waals surface area contributed by atoms with Gasteiger partial charge in [0.05, 0.1) is 5.02 Å². The summed E-state index contributed by atoms with van der Waals surface area (Å²) in [5, 5.41) is 20.7. The lowest BCUT2D eigenvalue weighted by molar-refractivity contribution is -0.139. The molecular formula is C13H16ClNO5. The highest BCUT2D eigenvalue weighted by Gasteiger charge is 2.25. The number of carbonyl (C=O) groups excluding carboxylic acids is 1. The van der Waals surface area contributed by atoms with E-state index in [4.69, 9.17) is 21.4 Å². The topological polar surface area (TPSA) is 95.9 Å². The van der Waals surface area contributed by atoms with E-state index in [1.165, 1.54) is 18.2 Å². The van der Waals surface area contributed by atoms with Crippen molar-refractivity contribution < 1.29 is 24.5 Å². The normalized spacial score (nSPS) is 12.6. The van der Waals surface area contributed by atoms with Crippen molar-refractivity contribution in [1.29, 1.82) is 0 Å². The number of alkyl carbamates (subject to hydrolysis) is 1. The first kappa shape index (κ1) is 16.1. The van der Waals surface area contributed by atoms with Gasteiger partial charge in [-0.25, -0.2) is 9.59 Å². The van der Waals surface area contributed by atoms with Gasteiger partial charge in [0.2, 0.25) is 0 Å². The molecule has 0 radical (unpaired) electrons. The third-order valence-electron chi connectivity index (χ3n) is 2.21. The van der Waals surface area contributed by atoms with E-state index < -0.39 is 23.7 Å². The fourth-order valence-corrected chi connectivity index (χ4v) is 1.60. The predicted octanol–water partition coefficient (Wildman–Crippen LogP) is 2.70. The lowest BCUT2D eigenvalue weighted by atomic mass is 10.1. The molecule has 0 saturated heterocycles. The van der Waals surface area contributed by atoms with Crippen LogP contribution in [0.1, 0.15) is 32.4 Å². The molecule has 6 nitrogen and oxygen atoms in total. The van der Waals surface area contributed by atoms with Crippen LogP contribution >= 0.6 is 11.6 Å². The predicted molar refractivity (Wildman–Crippen MR) is 72.9 cm³/mol. The van der Waals surface area contributed by atoms with Crippen LogP contribution in [0.15, 0.2) is 18.2 Å². The quantitative estimate of drug-likeness (QED) is 0.797. The van der Waals surface area contributed by atoms with Gasteiger partial charge in [0.1, 0.15) is 11.4 Å². The smallest absolute Gasteiger partial charge is 0.408 e. The standard InChI is InChI=1S/C13H16ClNO5/c1-13(2,3)20-12(19)15-10(11(17)18)7-4-5-9(16)8(14)6-7/h4-6,10,16H,1-3H3,(H,15,19)(H,17,18). The van der Waals surface area contributed by atoms with E-state index in [-0.39, 0.29) is 16.3 Å². The Kier molecular flexibility index (Phi) is 4.83. The van der Waals surface area contributed by atoms with Crippen molar-refractivity contribution >= 4 is 23.7 Å². The second kappa shape index (κ2) is 6.00. The maximum atomic E-state index is 11.6. The number of phenols is 1. The largest absolute Gasteiger partial charge is 0.506 e. The summed E-state index contributed by atoms with van der Waals surface area (Å²) in [6, 6.07) is 2.57. The van der Waals surface area contributed by atoms with E-state index >= 15 is 0 Å². The molecule has 1 rings (SSSR count). The number of phenolic OH excluding ortho intramolecular Hbond substituents is 1. The van der Waals surface area contributed by atoms with Crippen LogP contribution in [0.2, 0.25) is 5.02 Å². The third-order valence-corrected chi connectivity index (χ3v) is 2.52. The minimum Gasteiger partial charge on any atom is -0.506 e. The van der Waals surface area contributed by atoms with Crippen LogP contribution in [0, 0.1) is 0 Å². The third kappa shape index (κ3) is 4.62. The highest BCUT2D eigenvalue weighted by molar-refractivity contribution is 6.32. The van der Waals surface area contributed by atoms with Crippen molar-refractivity contribution in [2.75, 3.05) is 0 Å². The Morgan fingerprint density at radius 3 is 2.40 bits per heavy atom. The van der Waals surface area contributed by atoms with Crippen molar-refractivity contribution in [1.82, 2.24) is 5.32 Å². The Morgan fingerprint density at radius 1 is 1.35 bits per heavy atom. The average molecular weight is 302 g/mol. The lowest BCUT2D eigenvalue weighted by Crippen LogP contribution is -2.38. The first-order valence-electron chi connectivity index (χ1n) is 5.81. The zero-order valence-electron chi connectivity index (χ0n) is 11.3. The number of rotatable bonds is 3. The van der Waals surface area contributed by atoms with Gasteiger partial charge in [-0.15, -0.1) is 0 Å². The van der Waals surface area contributed by atoms with Gasteiger partial charge >= 0.3 is 12.1 Å². The molecule has 1 amide bonds. The van der Waals surface area contributed by atoms with Crippen molar-refractivity contribution in [2.45, 2.75) is 32.4 Å². The Balaban J connectivity index is 2.92. The Hall–Kier alpha value is -1.95. The number of carbonyl (C=O) groups is 2. The lowest BCUT2D eigenvalue weighted by Gasteiger charge is -2.22. The fourth-order valence-electron chi connectivity index (χ4n) is 1.42. The molecule has 0 aliphatic carbocycles. The SMILES string of the molecule is CC(C)(C)OC(=O)NC(C(=O)O)c1ccc(O)c(Cl)c1. The maximum absolute atomic E-state index is 11.6. The number of benzene rings is 1. The summed E-state index contributed by atoms with van der Waals surface area (Å²) in [5.41, 5.74) is -0.508. The molecule has 1 aromatic carbocycles. The van der Waals surface area contributed by atoms with Gasteiger partial charge in [0.15, 0.2) is 6.04 Å². The first-order chi connectivity index (χ1) is 9.10. The van der Waals surface area contributed by atoms with Gasteiger partial charge in [0, 0.05) is 0 Å². The van der Waals surface area contributed by atoms with Gasteiger partial charge < -0.3 is 20.3 Å². The number of carboxylic acid groups (broad SMARTS) is 1. The van der Waals surface area contributed by atoms with Crippen LogP contribution in [-0.2, 0) is 9.53 Å². The van der Waals surface area contributed by atoms with Crippen LogP contribution in [0.3, 0.4) is 0 Å². The number of ether oxygens (including phenoxy) is 1. The van der Waals surface area contributed by atoms with Crippen molar-refractivity contribution in [3.8, 4) is 5.75 Å². The van der Waals surface area contributed by atoms with Crippen LogP contribution in [0.5, 0.6) is 5.75 Å². The van der Waals surface area contributed by atoms with Gasteiger partial charge in [0.25, 0.3) is 0 Å². The molecule has 0 heterocycles. The van der Waals surface area contributed by atoms with Gasteiger partial charge in [-0.1, -0.05) is 17.7 Å². The summed E-state index contributed by atoms with van der Waals surface area (Å²) in [6.07, 6.45) is -0.853. The number of amides is 1. The van der Waals surface area contributed by atoms with E-state index in [0.29, 0.717) is 0 Å². The average Bonchev–Trinajstić information content (AvgIpc) is 2.27. The highest BCUT2D eigenvalue weighted by Crippen LogP contribution is 2.27. The van der Waals surface area contributed by atoms with Crippen LogP contribution < -0.4 is 5.32 Å². The molecule has 1 aromatic rings. The molecule has 0 spiro atoms.